The molecule has 1 aliphatic carbocycles. The van der Waals surface area contributed by atoms with Crippen LogP contribution >= 0.6 is 0 Å². The van der Waals surface area contributed by atoms with Gasteiger partial charge in [0.15, 0.2) is 0 Å². The summed E-state index contributed by atoms with van der Waals surface area (Å²) < 4.78 is 0. The lowest BCUT2D eigenvalue weighted by Gasteiger charge is -2.24. The van der Waals surface area contributed by atoms with Crippen LogP contribution in [0, 0.1) is 11.3 Å². The molecule has 0 saturated heterocycles. The van der Waals surface area contributed by atoms with Gasteiger partial charge in [0.1, 0.15) is 17.3 Å². The van der Waals surface area contributed by atoms with E-state index in [1.165, 1.54) is 6.42 Å². The first-order valence-electron chi connectivity index (χ1n) is 5.79. The summed E-state index contributed by atoms with van der Waals surface area (Å²) in [7, 11) is 0. The third kappa shape index (κ3) is 1.60. The fourth-order valence-corrected chi connectivity index (χ4v) is 2.17. The van der Waals surface area contributed by atoms with Crippen LogP contribution in [-0.2, 0) is 0 Å². The second kappa shape index (κ2) is 4.02. The van der Waals surface area contributed by atoms with Crippen LogP contribution in [0.4, 0.5) is 0 Å². The van der Waals surface area contributed by atoms with Gasteiger partial charge >= 0.3 is 0 Å². The van der Waals surface area contributed by atoms with Crippen molar-refractivity contribution in [1.29, 1.82) is 5.26 Å². The van der Waals surface area contributed by atoms with Crippen LogP contribution in [0.5, 0.6) is 0 Å². The van der Waals surface area contributed by atoms with Gasteiger partial charge in [-0.05, 0) is 25.0 Å². The Bertz CT molecular complexity index is 561. The smallest absolute Gasteiger partial charge is 0.112 e. The molecular weight excluding hydrogens is 212 g/mol. The first kappa shape index (κ1) is 10.0. The minimum absolute atomic E-state index is 0.488. The fourth-order valence-electron chi connectivity index (χ4n) is 2.17. The fraction of sp³-hybridized carbons (Fsp3) is 0.308. The lowest BCUT2D eigenvalue weighted by atomic mass is 9.81. The molecule has 1 aliphatic rings. The molecule has 1 fully saturated rings. The summed E-state index contributed by atoms with van der Waals surface area (Å²) >= 11 is 0. The second-order valence-electron chi connectivity index (χ2n) is 4.34. The highest BCUT2D eigenvalue weighted by atomic mass is 15.1. The topological polar surface area (TPSA) is 65.4 Å². The standard InChI is InChI=1S/C13H12N4/c14-7-11-12(9-3-1-4-9)16-17-13(11)10-5-2-6-15-8-10/h2,5-6,8-9H,1,3-4H2,(H,16,17). The van der Waals surface area contributed by atoms with Gasteiger partial charge in [0.2, 0.25) is 0 Å². The Hall–Kier alpha value is -2.15. The Kier molecular flexibility index (Phi) is 2.37. The van der Waals surface area contributed by atoms with E-state index in [0.29, 0.717) is 11.5 Å². The van der Waals surface area contributed by atoms with Crippen molar-refractivity contribution in [2.75, 3.05) is 0 Å². The number of nitrogens with zero attached hydrogens (tertiary/aromatic N) is 3. The molecule has 0 atom stereocenters. The van der Waals surface area contributed by atoms with Crippen molar-refractivity contribution >= 4 is 0 Å². The average Bonchev–Trinajstić information content (AvgIpc) is 2.71. The van der Waals surface area contributed by atoms with Gasteiger partial charge in [-0.1, -0.05) is 6.42 Å². The summed E-state index contributed by atoms with van der Waals surface area (Å²) in [5, 5.41) is 16.6. The monoisotopic (exact) mass is 224 g/mol. The zero-order chi connectivity index (χ0) is 11.7. The molecule has 1 saturated carbocycles. The molecule has 0 aliphatic heterocycles. The van der Waals surface area contributed by atoms with Crippen LogP contribution in [0.2, 0.25) is 0 Å². The minimum atomic E-state index is 0.488. The molecule has 0 unspecified atom stereocenters. The van der Waals surface area contributed by atoms with Crippen LogP contribution in [0.1, 0.15) is 36.4 Å². The van der Waals surface area contributed by atoms with Crippen LogP contribution in [0.3, 0.4) is 0 Å². The molecule has 1 N–H and O–H groups in total. The van der Waals surface area contributed by atoms with Gasteiger partial charge in [0.25, 0.3) is 0 Å². The predicted octanol–water partition coefficient (Wildman–Crippen LogP) is 2.61. The van der Waals surface area contributed by atoms with E-state index in [4.69, 9.17) is 0 Å². The molecule has 0 bridgehead atoms. The first-order chi connectivity index (χ1) is 8.40. The van der Waals surface area contributed by atoms with E-state index in [-0.39, 0.29) is 0 Å². The van der Waals surface area contributed by atoms with Crippen molar-refractivity contribution in [2.24, 2.45) is 0 Å². The molecule has 4 nitrogen and oxygen atoms in total. The Morgan fingerprint density at radius 3 is 2.88 bits per heavy atom. The highest BCUT2D eigenvalue weighted by molar-refractivity contribution is 5.67. The zero-order valence-corrected chi connectivity index (χ0v) is 9.35. The van der Waals surface area contributed by atoms with Crippen molar-refractivity contribution in [3.05, 3.63) is 35.8 Å². The highest BCUT2D eigenvalue weighted by Crippen LogP contribution is 2.38. The van der Waals surface area contributed by atoms with Crippen molar-refractivity contribution < 1.29 is 0 Å². The van der Waals surface area contributed by atoms with Gasteiger partial charge in [-0.25, -0.2) is 0 Å². The maximum Gasteiger partial charge on any atom is 0.112 e. The second-order valence-corrected chi connectivity index (χ2v) is 4.34. The highest BCUT2D eigenvalue weighted by Gasteiger charge is 2.26. The van der Waals surface area contributed by atoms with E-state index in [9.17, 15) is 5.26 Å². The Morgan fingerprint density at radius 1 is 1.41 bits per heavy atom. The van der Waals surface area contributed by atoms with Crippen LogP contribution in [0.15, 0.2) is 24.5 Å². The van der Waals surface area contributed by atoms with Crippen LogP contribution in [-0.4, -0.2) is 15.2 Å². The third-order valence-electron chi connectivity index (χ3n) is 3.35. The van der Waals surface area contributed by atoms with E-state index in [2.05, 4.69) is 21.3 Å². The average molecular weight is 224 g/mol. The maximum absolute atomic E-state index is 9.29. The summed E-state index contributed by atoms with van der Waals surface area (Å²) in [6.07, 6.45) is 7.01. The Morgan fingerprint density at radius 2 is 2.29 bits per heavy atom. The SMILES string of the molecule is N#Cc1c(-c2cccnc2)n[nH]c1C1CCC1. The predicted molar refractivity (Wildman–Crippen MR) is 63.1 cm³/mol. The van der Waals surface area contributed by atoms with Crippen LogP contribution < -0.4 is 0 Å². The quantitative estimate of drug-likeness (QED) is 0.852. The summed E-state index contributed by atoms with van der Waals surface area (Å²) in [4.78, 5) is 4.06. The molecule has 0 spiro atoms. The number of nitriles is 1. The first-order valence-corrected chi connectivity index (χ1v) is 5.79. The molecule has 3 rings (SSSR count). The number of nitrogens with one attached hydrogen (secondary N) is 1. The molecule has 2 aromatic rings. The number of hydrogen-bond donors (Lipinski definition) is 1. The van der Waals surface area contributed by atoms with Gasteiger partial charge in [0.05, 0.1) is 5.69 Å². The van der Waals surface area contributed by atoms with E-state index < -0.39 is 0 Å². The number of pyridine rings is 1. The summed E-state index contributed by atoms with van der Waals surface area (Å²) in [6.45, 7) is 0. The van der Waals surface area contributed by atoms with Gasteiger partial charge in [-0.3, -0.25) is 10.1 Å². The summed E-state index contributed by atoms with van der Waals surface area (Å²) in [5.41, 5.74) is 3.30. The largest absolute Gasteiger partial charge is 0.280 e. The minimum Gasteiger partial charge on any atom is -0.280 e. The van der Waals surface area contributed by atoms with Gasteiger partial charge in [-0.2, -0.15) is 10.4 Å². The third-order valence-corrected chi connectivity index (χ3v) is 3.35. The number of aromatic nitrogens is 3. The van der Waals surface area contributed by atoms with E-state index >= 15 is 0 Å². The number of aromatic amines is 1. The van der Waals surface area contributed by atoms with Crippen molar-refractivity contribution in [3.63, 3.8) is 0 Å². The van der Waals surface area contributed by atoms with Crippen molar-refractivity contribution in [3.8, 4) is 17.3 Å². The Balaban J connectivity index is 2.07. The summed E-state index contributed by atoms with van der Waals surface area (Å²) in [5.74, 6) is 0.488. The molecule has 0 amide bonds. The van der Waals surface area contributed by atoms with E-state index in [0.717, 1.165) is 29.8 Å². The number of rotatable bonds is 2. The number of H-pyrrole nitrogens is 1. The number of hydrogen-bond acceptors (Lipinski definition) is 3. The molecule has 2 heterocycles. The lowest BCUT2D eigenvalue weighted by molar-refractivity contribution is 0.410. The molecule has 4 heteroatoms. The normalized spacial score (nSPS) is 15.2. The van der Waals surface area contributed by atoms with E-state index in [1.807, 2.05) is 12.1 Å². The van der Waals surface area contributed by atoms with Gasteiger partial charge in [0, 0.05) is 23.9 Å². The Labute approximate surface area is 99.3 Å². The lowest BCUT2D eigenvalue weighted by Crippen LogP contribution is -2.10. The van der Waals surface area contributed by atoms with Crippen molar-refractivity contribution in [2.45, 2.75) is 25.2 Å². The molecule has 2 aromatic heterocycles. The van der Waals surface area contributed by atoms with Crippen LogP contribution in [0.25, 0.3) is 11.3 Å². The van der Waals surface area contributed by atoms with Crippen molar-refractivity contribution in [1.82, 2.24) is 15.2 Å². The molecule has 84 valence electrons. The summed E-state index contributed by atoms with van der Waals surface area (Å²) in [6, 6.07) is 6.05. The zero-order valence-electron chi connectivity index (χ0n) is 9.35. The molecular formula is C13H12N4. The van der Waals surface area contributed by atoms with Gasteiger partial charge in [-0.15, -0.1) is 0 Å². The molecule has 17 heavy (non-hydrogen) atoms. The van der Waals surface area contributed by atoms with E-state index in [1.54, 1.807) is 12.4 Å². The maximum atomic E-state index is 9.29. The molecule has 0 radical (unpaired) electrons. The van der Waals surface area contributed by atoms with Gasteiger partial charge < -0.3 is 0 Å². The molecule has 0 aromatic carbocycles.